The number of aromatic nitrogens is 2. The van der Waals surface area contributed by atoms with Gasteiger partial charge in [0.25, 0.3) is 0 Å². The van der Waals surface area contributed by atoms with Crippen LogP contribution >= 0.6 is 0 Å². The molecule has 2 heterocycles. The molecule has 0 unspecified atom stereocenters. The van der Waals surface area contributed by atoms with Crippen LogP contribution in [0.2, 0.25) is 0 Å². The van der Waals surface area contributed by atoms with Gasteiger partial charge < -0.3 is 19.7 Å². The van der Waals surface area contributed by atoms with Gasteiger partial charge in [0.2, 0.25) is 10.0 Å². The average Bonchev–Trinajstić information content (AvgIpc) is 2.72. The highest BCUT2D eigenvalue weighted by atomic mass is 32.2. The number of anilines is 2. The normalized spacial score (nSPS) is 14.7. The molecule has 152 valence electrons. The van der Waals surface area contributed by atoms with E-state index in [4.69, 9.17) is 9.47 Å². The zero-order chi connectivity index (χ0) is 20.0. The maximum Gasteiger partial charge on any atom is 0.244 e. The van der Waals surface area contributed by atoms with Crippen molar-refractivity contribution in [2.24, 2.45) is 0 Å². The first-order chi connectivity index (χ1) is 13.5. The first-order valence-corrected chi connectivity index (χ1v) is 10.5. The molecule has 28 heavy (non-hydrogen) atoms. The number of nitrogens with one attached hydrogen (secondary N) is 2. The fraction of sp³-hybridized carbons (Fsp3) is 0.444. The Kier molecular flexibility index (Phi) is 6.65. The third-order valence-electron chi connectivity index (χ3n) is 4.32. The molecule has 1 aromatic carbocycles. The second-order valence-electron chi connectivity index (χ2n) is 6.34. The van der Waals surface area contributed by atoms with Gasteiger partial charge in [-0.15, -0.1) is 0 Å². The fourth-order valence-corrected chi connectivity index (χ4v) is 4.14. The van der Waals surface area contributed by atoms with E-state index in [-0.39, 0.29) is 11.4 Å². The van der Waals surface area contributed by atoms with Crippen LogP contribution in [0.5, 0.6) is 5.75 Å². The lowest BCUT2D eigenvalue weighted by atomic mass is 10.2. The Morgan fingerprint density at radius 3 is 2.71 bits per heavy atom. The molecule has 1 fully saturated rings. The van der Waals surface area contributed by atoms with E-state index in [0.29, 0.717) is 31.3 Å². The second-order valence-corrected chi connectivity index (χ2v) is 8.08. The van der Waals surface area contributed by atoms with Crippen molar-refractivity contribution in [2.75, 3.05) is 56.7 Å². The standard InChI is InChI=1S/C18H25N5O4S/c1-14-3-4-15(26-2)16(11-14)28(24,25)22-6-5-19-17-12-18(21-13-20-17)23-7-9-27-10-8-23/h3-4,11-13,22H,5-10H2,1-2H3,(H,19,20,21). The Bertz CT molecular complexity index is 901. The lowest BCUT2D eigenvalue weighted by Crippen LogP contribution is -2.36. The molecule has 0 aliphatic carbocycles. The maximum absolute atomic E-state index is 12.6. The van der Waals surface area contributed by atoms with Crippen molar-refractivity contribution in [3.63, 3.8) is 0 Å². The molecule has 1 saturated heterocycles. The summed E-state index contributed by atoms with van der Waals surface area (Å²) in [6, 6.07) is 6.90. The predicted octanol–water partition coefficient (Wildman–Crippen LogP) is 1.02. The van der Waals surface area contributed by atoms with Crippen LogP contribution in [0.4, 0.5) is 11.6 Å². The third-order valence-corrected chi connectivity index (χ3v) is 5.80. The summed E-state index contributed by atoms with van der Waals surface area (Å²) in [4.78, 5) is 10.7. The maximum atomic E-state index is 12.6. The highest BCUT2D eigenvalue weighted by Crippen LogP contribution is 2.24. The largest absolute Gasteiger partial charge is 0.495 e. The molecule has 0 saturated carbocycles. The number of morpholine rings is 1. The van der Waals surface area contributed by atoms with Crippen LogP contribution in [-0.4, -0.2) is 64.9 Å². The molecular formula is C18H25N5O4S. The molecule has 2 N–H and O–H groups in total. The number of nitrogens with zero attached hydrogens (tertiary/aromatic N) is 3. The van der Waals surface area contributed by atoms with Crippen molar-refractivity contribution in [3.05, 3.63) is 36.2 Å². The van der Waals surface area contributed by atoms with E-state index in [1.165, 1.54) is 13.4 Å². The molecule has 0 atom stereocenters. The fourth-order valence-electron chi connectivity index (χ4n) is 2.86. The summed E-state index contributed by atoms with van der Waals surface area (Å²) < 4.78 is 38.2. The van der Waals surface area contributed by atoms with Crippen molar-refractivity contribution >= 4 is 21.7 Å². The van der Waals surface area contributed by atoms with Gasteiger partial charge in [-0.2, -0.15) is 0 Å². The van der Waals surface area contributed by atoms with E-state index in [2.05, 4.69) is 24.9 Å². The minimum Gasteiger partial charge on any atom is -0.495 e. The number of methoxy groups -OCH3 is 1. The summed E-state index contributed by atoms with van der Waals surface area (Å²) in [6.07, 6.45) is 1.49. The number of hydrogen-bond donors (Lipinski definition) is 2. The first-order valence-electron chi connectivity index (χ1n) is 9.02. The quantitative estimate of drug-likeness (QED) is 0.625. The summed E-state index contributed by atoms with van der Waals surface area (Å²) in [5.41, 5.74) is 0.843. The number of hydrogen-bond acceptors (Lipinski definition) is 8. The third kappa shape index (κ3) is 5.09. The van der Waals surface area contributed by atoms with Crippen molar-refractivity contribution in [1.82, 2.24) is 14.7 Å². The lowest BCUT2D eigenvalue weighted by molar-refractivity contribution is 0.122. The zero-order valence-corrected chi connectivity index (χ0v) is 16.8. The number of benzene rings is 1. The summed E-state index contributed by atoms with van der Waals surface area (Å²) in [7, 11) is -2.22. The molecule has 0 spiro atoms. The average molecular weight is 407 g/mol. The molecular weight excluding hydrogens is 382 g/mol. The number of aryl methyl sites for hydroxylation is 1. The van der Waals surface area contributed by atoms with Gasteiger partial charge >= 0.3 is 0 Å². The van der Waals surface area contributed by atoms with Crippen LogP contribution in [-0.2, 0) is 14.8 Å². The first kappa shape index (κ1) is 20.3. The van der Waals surface area contributed by atoms with E-state index < -0.39 is 10.0 Å². The number of rotatable bonds is 8. The summed E-state index contributed by atoms with van der Waals surface area (Å²) in [6.45, 7) is 5.35. The van der Waals surface area contributed by atoms with Crippen molar-refractivity contribution in [1.29, 1.82) is 0 Å². The van der Waals surface area contributed by atoms with Crippen LogP contribution in [0.25, 0.3) is 0 Å². The highest BCUT2D eigenvalue weighted by molar-refractivity contribution is 7.89. The monoisotopic (exact) mass is 407 g/mol. The minimum absolute atomic E-state index is 0.131. The second kappa shape index (κ2) is 9.18. The molecule has 3 rings (SSSR count). The lowest BCUT2D eigenvalue weighted by Gasteiger charge is -2.27. The minimum atomic E-state index is -3.68. The van der Waals surface area contributed by atoms with E-state index in [0.717, 1.165) is 24.5 Å². The summed E-state index contributed by atoms with van der Waals surface area (Å²) >= 11 is 0. The molecule has 10 heteroatoms. The molecule has 1 aromatic heterocycles. The number of sulfonamides is 1. The van der Waals surface area contributed by atoms with Gasteiger partial charge in [-0.3, -0.25) is 0 Å². The van der Waals surface area contributed by atoms with Gasteiger partial charge in [-0.25, -0.2) is 23.1 Å². The van der Waals surface area contributed by atoms with Crippen LogP contribution in [0.1, 0.15) is 5.56 Å². The van der Waals surface area contributed by atoms with Gasteiger partial charge in [0.15, 0.2) is 0 Å². The zero-order valence-electron chi connectivity index (χ0n) is 16.0. The van der Waals surface area contributed by atoms with Crippen molar-refractivity contribution < 1.29 is 17.9 Å². The van der Waals surface area contributed by atoms with Gasteiger partial charge in [-0.05, 0) is 24.6 Å². The van der Waals surface area contributed by atoms with E-state index >= 15 is 0 Å². The van der Waals surface area contributed by atoms with E-state index in [9.17, 15) is 8.42 Å². The molecule has 9 nitrogen and oxygen atoms in total. The van der Waals surface area contributed by atoms with Crippen LogP contribution in [0, 0.1) is 6.92 Å². The SMILES string of the molecule is COc1ccc(C)cc1S(=O)(=O)NCCNc1cc(N2CCOCC2)ncn1. The van der Waals surface area contributed by atoms with Gasteiger partial charge in [0.1, 0.15) is 28.6 Å². The van der Waals surface area contributed by atoms with Gasteiger partial charge in [-0.1, -0.05) is 6.07 Å². The van der Waals surface area contributed by atoms with Crippen LogP contribution in [0.3, 0.4) is 0 Å². The van der Waals surface area contributed by atoms with E-state index in [1.54, 1.807) is 18.2 Å². The molecule has 1 aliphatic heterocycles. The van der Waals surface area contributed by atoms with Crippen molar-refractivity contribution in [3.8, 4) is 5.75 Å². The summed E-state index contributed by atoms with van der Waals surface area (Å²) in [5, 5.41) is 3.12. The van der Waals surface area contributed by atoms with Crippen LogP contribution in [0.15, 0.2) is 35.5 Å². The Labute approximate surface area is 165 Å². The Balaban J connectivity index is 1.56. The molecule has 0 radical (unpaired) electrons. The predicted molar refractivity (Wildman–Crippen MR) is 106 cm³/mol. The Morgan fingerprint density at radius 1 is 1.18 bits per heavy atom. The molecule has 0 bridgehead atoms. The molecule has 1 aliphatic rings. The highest BCUT2D eigenvalue weighted by Gasteiger charge is 2.19. The van der Waals surface area contributed by atoms with Crippen molar-refractivity contribution in [2.45, 2.75) is 11.8 Å². The molecule has 0 amide bonds. The molecule has 2 aromatic rings. The van der Waals surface area contributed by atoms with Gasteiger partial charge in [0.05, 0.1) is 20.3 Å². The topological polar surface area (TPSA) is 106 Å². The van der Waals surface area contributed by atoms with Gasteiger partial charge in [0, 0.05) is 32.2 Å². The van der Waals surface area contributed by atoms with E-state index in [1.807, 2.05) is 13.0 Å². The van der Waals surface area contributed by atoms with Crippen LogP contribution < -0.4 is 19.7 Å². The Hall–Kier alpha value is -2.43. The number of ether oxygens (including phenoxy) is 2. The smallest absolute Gasteiger partial charge is 0.244 e. The Morgan fingerprint density at radius 2 is 1.96 bits per heavy atom. The summed E-state index contributed by atoms with van der Waals surface area (Å²) in [5.74, 6) is 1.78.